The maximum absolute atomic E-state index is 8.63. The van der Waals surface area contributed by atoms with Gasteiger partial charge in [0.15, 0.2) is 0 Å². The van der Waals surface area contributed by atoms with E-state index < -0.39 is 14.8 Å². The van der Waals surface area contributed by atoms with Gasteiger partial charge in [0.2, 0.25) is 0 Å². The van der Waals surface area contributed by atoms with Gasteiger partial charge in [0.25, 0.3) is 0 Å². The number of hydrogen-bond donors (Lipinski definition) is 0. The third-order valence-corrected chi connectivity index (χ3v) is 0. The summed E-state index contributed by atoms with van der Waals surface area (Å²) in [5, 5.41) is 0. The summed E-state index contributed by atoms with van der Waals surface area (Å²) < 4.78 is 34.5. The summed E-state index contributed by atoms with van der Waals surface area (Å²) in [4.78, 5) is 0. The van der Waals surface area contributed by atoms with E-state index in [4.69, 9.17) is 14.2 Å². The quantitative estimate of drug-likeness (QED) is 0.627. The second-order valence-electron chi connectivity index (χ2n) is 0.354. The Morgan fingerprint density at radius 2 is 0.833 bits per heavy atom. The predicted molar refractivity (Wildman–Crippen MR) is 9.99 cm³/mol. The Morgan fingerprint density at radius 3 is 0.833 bits per heavy atom. The Bertz CT molecular complexity index is 159. The fourth-order valence-electron chi connectivity index (χ4n) is 0. The first-order valence-corrected chi connectivity index (χ1v) is 4.73. The zero-order valence-corrected chi connectivity index (χ0v) is 5.75. The Morgan fingerprint density at radius 1 is 0.833 bits per heavy atom. The molecule has 0 heterocycles. The van der Waals surface area contributed by atoms with Crippen LogP contribution in [0.25, 0.3) is 0 Å². The van der Waals surface area contributed by atoms with Crippen molar-refractivity contribution in [1.82, 2.24) is 0 Å². The van der Waals surface area contributed by atoms with Crippen LogP contribution in [-0.2, 0) is 29.0 Å². The molecule has 0 unspecified atom stereocenters. The van der Waals surface area contributed by atoms with Gasteiger partial charge >= 0.3 is 29.0 Å². The Hall–Kier alpha value is 0.126. The standard InChI is InChI=1S/ClH.4O.Os/h1H;;;;;. The zero-order valence-electron chi connectivity index (χ0n) is 2.39. The summed E-state index contributed by atoms with van der Waals surface area (Å²) >= 11 is -6.06. The molecule has 0 radical (unpaired) electrons. The molecular formula is HClO4Os. The van der Waals surface area contributed by atoms with Crippen molar-refractivity contribution in [3.63, 3.8) is 0 Å². The first kappa shape index (κ1) is 9.46. The molecule has 0 amide bonds. The van der Waals surface area contributed by atoms with Gasteiger partial charge in [-0.2, -0.15) is 0 Å². The first-order valence-electron chi connectivity index (χ1n) is 0.577. The average Bonchev–Trinajstić information content (AvgIpc) is 0.722. The van der Waals surface area contributed by atoms with Crippen molar-refractivity contribution in [2.75, 3.05) is 0 Å². The van der Waals surface area contributed by atoms with Crippen LogP contribution in [0.2, 0.25) is 0 Å². The molecular weight excluding hydrogens is 290 g/mol. The van der Waals surface area contributed by atoms with Crippen LogP contribution in [0, 0.1) is 0 Å². The molecule has 0 saturated heterocycles. The second kappa shape index (κ2) is 2.33. The Labute approximate surface area is 41.9 Å². The third-order valence-electron chi connectivity index (χ3n) is 0. The monoisotopic (exact) mass is 292 g/mol. The summed E-state index contributed by atoms with van der Waals surface area (Å²) in [5.41, 5.74) is 0. The van der Waals surface area contributed by atoms with Crippen molar-refractivity contribution < 1.29 is 29.0 Å². The van der Waals surface area contributed by atoms with Crippen molar-refractivity contribution in [3.05, 3.63) is 0 Å². The third kappa shape index (κ3) is 2530. The number of rotatable bonds is 0. The summed E-state index contributed by atoms with van der Waals surface area (Å²) in [7, 11) is 0. The molecule has 0 spiro atoms. The molecule has 0 saturated carbocycles. The van der Waals surface area contributed by atoms with Gasteiger partial charge in [-0.15, -0.1) is 12.4 Å². The molecule has 4 nitrogen and oxygen atoms in total. The van der Waals surface area contributed by atoms with Crippen molar-refractivity contribution in [1.29, 1.82) is 0 Å². The van der Waals surface area contributed by atoms with Gasteiger partial charge in [-0.1, -0.05) is 0 Å². The molecule has 6 heavy (non-hydrogen) atoms. The van der Waals surface area contributed by atoms with E-state index in [0.717, 1.165) is 0 Å². The maximum atomic E-state index is 8.63. The molecule has 0 bridgehead atoms. The van der Waals surface area contributed by atoms with Crippen molar-refractivity contribution in [2.45, 2.75) is 0 Å². The van der Waals surface area contributed by atoms with E-state index in [-0.39, 0.29) is 12.4 Å². The van der Waals surface area contributed by atoms with E-state index in [9.17, 15) is 0 Å². The van der Waals surface area contributed by atoms with E-state index in [1.54, 1.807) is 0 Å². The van der Waals surface area contributed by atoms with Gasteiger partial charge in [0.05, 0.1) is 0 Å². The van der Waals surface area contributed by atoms with Crippen molar-refractivity contribution >= 4 is 12.4 Å². The molecule has 6 heteroatoms. The molecule has 0 aromatic heterocycles. The van der Waals surface area contributed by atoms with Crippen molar-refractivity contribution in [2.24, 2.45) is 0 Å². The van der Waals surface area contributed by atoms with Gasteiger partial charge in [0, 0.05) is 0 Å². The van der Waals surface area contributed by atoms with E-state index in [0.29, 0.717) is 0 Å². The summed E-state index contributed by atoms with van der Waals surface area (Å²) in [5.74, 6) is 0. The van der Waals surface area contributed by atoms with Gasteiger partial charge in [-0.25, -0.2) is 0 Å². The molecule has 0 N–H and O–H groups in total. The topological polar surface area (TPSA) is 68.3 Å². The van der Waals surface area contributed by atoms with Gasteiger partial charge < -0.3 is 0 Å². The first-order chi connectivity index (χ1) is 2.00. The minimum absolute atomic E-state index is 0. The predicted octanol–water partition coefficient (Wildman–Crippen LogP) is -0.0559. The van der Waals surface area contributed by atoms with E-state index in [2.05, 4.69) is 0 Å². The van der Waals surface area contributed by atoms with E-state index in [1.165, 1.54) is 0 Å². The number of halogens is 1. The average molecular weight is 291 g/mol. The van der Waals surface area contributed by atoms with Gasteiger partial charge in [0.1, 0.15) is 0 Å². The van der Waals surface area contributed by atoms with Crippen LogP contribution in [0.15, 0.2) is 0 Å². The van der Waals surface area contributed by atoms with E-state index in [1.807, 2.05) is 0 Å². The fourth-order valence-corrected chi connectivity index (χ4v) is 0. The second-order valence-corrected chi connectivity index (χ2v) is 2.89. The summed E-state index contributed by atoms with van der Waals surface area (Å²) in [6.45, 7) is 0. The van der Waals surface area contributed by atoms with Crippen LogP contribution < -0.4 is 0 Å². The van der Waals surface area contributed by atoms with E-state index >= 15 is 0 Å². The van der Waals surface area contributed by atoms with Crippen molar-refractivity contribution in [3.8, 4) is 0 Å². The number of hydrogen-bond acceptors (Lipinski definition) is 4. The molecule has 0 aromatic rings. The van der Waals surface area contributed by atoms with Crippen LogP contribution in [0.4, 0.5) is 0 Å². The SMILES string of the molecule is Cl.[O]=[Os](=[O])(=[O])=[O]. The van der Waals surface area contributed by atoms with Gasteiger partial charge in [-0.05, 0) is 0 Å². The van der Waals surface area contributed by atoms with Crippen LogP contribution in [-0.4, -0.2) is 0 Å². The van der Waals surface area contributed by atoms with Crippen LogP contribution >= 0.6 is 12.4 Å². The zero-order chi connectivity index (χ0) is 4.50. The Balaban J connectivity index is 0. The molecule has 0 fully saturated rings. The van der Waals surface area contributed by atoms with Crippen LogP contribution in [0.1, 0.15) is 0 Å². The summed E-state index contributed by atoms with van der Waals surface area (Å²) in [6, 6.07) is 0. The molecule has 0 rings (SSSR count). The normalized spacial score (nSPS) is 9.33. The van der Waals surface area contributed by atoms with Crippen LogP contribution in [0.3, 0.4) is 0 Å². The Kier molecular flexibility index (Phi) is 3.67. The summed E-state index contributed by atoms with van der Waals surface area (Å²) in [6.07, 6.45) is 0. The van der Waals surface area contributed by atoms with Crippen LogP contribution in [0.5, 0.6) is 0 Å². The molecule has 0 aromatic carbocycles. The molecule has 0 atom stereocenters. The van der Waals surface area contributed by atoms with Gasteiger partial charge in [-0.3, -0.25) is 0 Å². The molecule has 0 aliphatic rings. The fraction of sp³-hybridized carbons (Fsp3) is 0. The molecule has 40 valence electrons. The molecule has 0 aliphatic heterocycles. The minimum atomic E-state index is -6.06. The molecule has 0 aliphatic carbocycles.